The van der Waals surface area contributed by atoms with Gasteiger partial charge in [-0.1, -0.05) is 13.8 Å². The zero-order valence-electron chi connectivity index (χ0n) is 9.77. The van der Waals surface area contributed by atoms with E-state index < -0.39 is 33.6 Å². The predicted molar refractivity (Wildman–Crippen MR) is 56.0 cm³/mol. The summed E-state index contributed by atoms with van der Waals surface area (Å²) in [4.78, 5) is 0. The molecule has 18 heavy (non-hydrogen) atoms. The highest BCUT2D eigenvalue weighted by Crippen LogP contribution is 2.22. The highest BCUT2D eigenvalue weighted by molar-refractivity contribution is 7.89. The van der Waals surface area contributed by atoms with E-state index in [-0.39, 0.29) is 12.5 Å². The molecular formula is C8H13F3N4O2S. The second-order valence-electron chi connectivity index (χ2n) is 4.24. The SMILES string of the molecule is CC(C)Cn1c(CC(F)(F)F)nnc1S(N)(=O)=O. The van der Waals surface area contributed by atoms with Crippen molar-refractivity contribution in [3.63, 3.8) is 0 Å². The Bertz CT molecular complexity index is 521. The van der Waals surface area contributed by atoms with Crippen LogP contribution in [0.25, 0.3) is 0 Å². The molecule has 0 aromatic carbocycles. The fourth-order valence-electron chi connectivity index (χ4n) is 1.39. The van der Waals surface area contributed by atoms with Crippen molar-refractivity contribution in [3.05, 3.63) is 5.82 Å². The lowest BCUT2D eigenvalue weighted by Crippen LogP contribution is -2.23. The molecule has 0 unspecified atom stereocenters. The fourth-order valence-corrected chi connectivity index (χ4v) is 2.03. The Hall–Kier alpha value is -1.16. The summed E-state index contributed by atoms with van der Waals surface area (Å²) < 4.78 is 60.2. The minimum atomic E-state index is -4.49. The number of primary sulfonamides is 1. The van der Waals surface area contributed by atoms with Gasteiger partial charge in [0, 0.05) is 6.54 Å². The molecule has 0 atom stereocenters. The van der Waals surface area contributed by atoms with E-state index >= 15 is 0 Å². The first-order chi connectivity index (χ1) is 8.00. The summed E-state index contributed by atoms with van der Waals surface area (Å²) in [7, 11) is -4.19. The molecule has 0 aliphatic rings. The van der Waals surface area contributed by atoms with E-state index in [2.05, 4.69) is 10.2 Å². The van der Waals surface area contributed by atoms with Gasteiger partial charge in [-0.2, -0.15) is 13.2 Å². The van der Waals surface area contributed by atoms with Gasteiger partial charge >= 0.3 is 6.18 Å². The number of rotatable bonds is 4. The van der Waals surface area contributed by atoms with Crippen LogP contribution in [0.5, 0.6) is 0 Å². The third-order valence-electron chi connectivity index (χ3n) is 1.95. The van der Waals surface area contributed by atoms with Crippen LogP contribution in [-0.4, -0.2) is 29.4 Å². The molecule has 1 rings (SSSR count). The van der Waals surface area contributed by atoms with E-state index in [9.17, 15) is 21.6 Å². The largest absolute Gasteiger partial charge is 0.396 e. The van der Waals surface area contributed by atoms with Gasteiger partial charge in [0.1, 0.15) is 12.2 Å². The maximum absolute atomic E-state index is 12.3. The predicted octanol–water partition coefficient (Wildman–Crippen LogP) is 0.686. The molecule has 2 N–H and O–H groups in total. The van der Waals surface area contributed by atoms with E-state index in [0.29, 0.717) is 0 Å². The quantitative estimate of drug-likeness (QED) is 0.881. The van der Waals surface area contributed by atoms with Gasteiger partial charge in [0.15, 0.2) is 0 Å². The van der Waals surface area contributed by atoms with Gasteiger partial charge in [-0.3, -0.25) is 0 Å². The Balaban J connectivity index is 3.24. The zero-order valence-corrected chi connectivity index (χ0v) is 10.6. The number of nitrogens with two attached hydrogens (primary N) is 1. The third kappa shape index (κ3) is 3.95. The number of hydrogen-bond donors (Lipinski definition) is 1. The van der Waals surface area contributed by atoms with Crippen LogP contribution < -0.4 is 5.14 Å². The lowest BCUT2D eigenvalue weighted by Gasteiger charge is -2.12. The molecule has 1 aromatic heterocycles. The van der Waals surface area contributed by atoms with Gasteiger partial charge < -0.3 is 4.57 Å². The number of aromatic nitrogens is 3. The topological polar surface area (TPSA) is 90.9 Å². The molecule has 0 saturated heterocycles. The summed E-state index contributed by atoms with van der Waals surface area (Å²) in [6.07, 6.45) is -5.83. The standard InChI is InChI=1S/C8H13F3N4O2S/c1-5(2)4-15-6(3-8(9,10)11)13-14-7(15)18(12,16)17/h5H,3-4H2,1-2H3,(H2,12,16,17). The molecule has 1 heterocycles. The number of nitrogens with zero attached hydrogens (tertiary/aromatic N) is 3. The van der Waals surface area contributed by atoms with Gasteiger partial charge in [0.05, 0.1) is 0 Å². The highest BCUT2D eigenvalue weighted by atomic mass is 32.2. The van der Waals surface area contributed by atoms with Crippen molar-refractivity contribution in [1.29, 1.82) is 0 Å². The first-order valence-corrected chi connectivity index (χ1v) is 6.57. The van der Waals surface area contributed by atoms with Gasteiger partial charge in [-0.05, 0) is 5.92 Å². The second-order valence-corrected chi connectivity index (χ2v) is 5.70. The second kappa shape index (κ2) is 4.84. The van der Waals surface area contributed by atoms with E-state index in [1.807, 2.05) is 0 Å². The van der Waals surface area contributed by atoms with Crippen molar-refractivity contribution in [1.82, 2.24) is 14.8 Å². The van der Waals surface area contributed by atoms with Crippen LogP contribution in [0.1, 0.15) is 19.7 Å². The maximum atomic E-state index is 12.3. The number of halogens is 3. The van der Waals surface area contributed by atoms with Crippen molar-refractivity contribution in [2.45, 2.75) is 38.1 Å². The van der Waals surface area contributed by atoms with Crippen molar-refractivity contribution >= 4 is 10.0 Å². The summed E-state index contributed by atoms with van der Waals surface area (Å²) in [6, 6.07) is 0. The first kappa shape index (κ1) is 14.9. The van der Waals surface area contributed by atoms with E-state index in [0.717, 1.165) is 4.57 Å². The molecule has 0 radical (unpaired) electrons. The molecule has 1 aromatic rings. The molecule has 0 saturated carbocycles. The van der Waals surface area contributed by atoms with E-state index in [1.54, 1.807) is 13.8 Å². The average molecular weight is 286 g/mol. The van der Waals surface area contributed by atoms with E-state index in [4.69, 9.17) is 5.14 Å². The molecule has 6 nitrogen and oxygen atoms in total. The molecule has 0 aliphatic carbocycles. The molecule has 104 valence electrons. The smallest absolute Gasteiger partial charge is 0.300 e. The van der Waals surface area contributed by atoms with Crippen LogP contribution in [0.4, 0.5) is 13.2 Å². The van der Waals surface area contributed by atoms with Gasteiger partial charge in [-0.15, -0.1) is 10.2 Å². The monoisotopic (exact) mass is 286 g/mol. The van der Waals surface area contributed by atoms with Crippen LogP contribution >= 0.6 is 0 Å². The van der Waals surface area contributed by atoms with Crippen molar-refractivity contribution in [2.24, 2.45) is 11.1 Å². The minimum Gasteiger partial charge on any atom is -0.300 e. The van der Waals surface area contributed by atoms with Crippen LogP contribution in [-0.2, 0) is 23.0 Å². The van der Waals surface area contributed by atoms with Crippen molar-refractivity contribution < 1.29 is 21.6 Å². The summed E-state index contributed by atoms with van der Waals surface area (Å²) in [5.41, 5.74) is 0. The molecule has 0 spiro atoms. The van der Waals surface area contributed by atoms with Crippen LogP contribution in [0.3, 0.4) is 0 Å². The number of alkyl halides is 3. The Morgan fingerprint density at radius 2 is 1.89 bits per heavy atom. The Morgan fingerprint density at radius 3 is 2.28 bits per heavy atom. The Kier molecular flexibility index (Phi) is 4.01. The zero-order chi connectivity index (χ0) is 14.1. The van der Waals surface area contributed by atoms with Crippen LogP contribution in [0, 0.1) is 5.92 Å². The van der Waals surface area contributed by atoms with Crippen LogP contribution in [0.15, 0.2) is 5.16 Å². The fraction of sp³-hybridized carbons (Fsp3) is 0.750. The first-order valence-electron chi connectivity index (χ1n) is 5.02. The normalized spacial score (nSPS) is 13.3. The molecule has 0 aliphatic heterocycles. The lowest BCUT2D eigenvalue weighted by molar-refractivity contribution is -0.129. The Morgan fingerprint density at radius 1 is 1.33 bits per heavy atom. The lowest BCUT2D eigenvalue weighted by atomic mass is 10.2. The van der Waals surface area contributed by atoms with Crippen LogP contribution in [0.2, 0.25) is 0 Å². The number of hydrogen-bond acceptors (Lipinski definition) is 4. The molecule has 0 amide bonds. The highest BCUT2D eigenvalue weighted by Gasteiger charge is 2.33. The van der Waals surface area contributed by atoms with Gasteiger partial charge in [0.2, 0.25) is 0 Å². The maximum Gasteiger partial charge on any atom is 0.396 e. The van der Waals surface area contributed by atoms with Crippen molar-refractivity contribution in [3.8, 4) is 0 Å². The average Bonchev–Trinajstić information content (AvgIpc) is 2.43. The summed E-state index contributed by atoms with van der Waals surface area (Å²) in [6.45, 7) is 3.50. The molecule has 10 heteroatoms. The van der Waals surface area contributed by atoms with E-state index in [1.165, 1.54) is 0 Å². The molecule has 0 bridgehead atoms. The van der Waals surface area contributed by atoms with Gasteiger partial charge in [0.25, 0.3) is 15.2 Å². The van der Waals surface area contributed by atoms with Gasteiger partial charge in [-0.25, -0.2) is 13.6 Å². The molecule has 0 fully saturated rings. The summed E-state index contributed by atoms with van der Waals surface area (Å²) in [5, 5.41) is 10.7. The summed E-state index contributed by atoms with van der Waals surface area (Å²) >= 11 is 0. The molecular weight excluding hydrogens is 273 g/mol. The number of sulfonamides is 1. The Labute approximate surface area is 102 Å². The summed E-state index contributed by atoms with van der Waals surface area (Å²) in [5.74, 6) is -0.534. The van der Waals surface area contributed by atoms with Crippen molar-refractivity contribution in [2.75, 3.05) is 0 Å². The third-order valence-corrected chi connectivity index (χ3v) is 2.77. The minimum absolute atomic E-state index is 0.0458.